The molecule has 0 radical (unpaired) electrons. The third kappa shape index (κ3) is 2.19. The van der Waals surface area contributed by atoms with Gasteiger partial charge < -0.3 is 9.80 Å². The molecule has 0 fully saturated rings. The van der Waals surface area contributed by atoms with Gasteiger partial charge in [-0.2, -0.15) is 0 Å². The Morgan fingerprint density at radius 1 is 1.00 bits per heavy atom. The number of likely N-dealkylation sites (N-methyl/N-ethyl adjacent to an activating group) is 1. The van der Waals surface area contributed by atoms with Crippen LogP contribution < -0.4 is 9.80 Å². The molecule has 0 bridgehead atoms. The van der Waals surface area contributed by atoms with Crippen LogP contribution in [0.15, 0.2) is 49.1 Å². The summed E-state index contributed by atoms with van der Waals surface area (Å²) in [6.45, 7) is 4.66. The van der Waals surface area contributed by atoms with Crippen LogP contribution in [0.1, 0.15) is 0 Å². The van der Waals surface area contributed by atoms with Crippen molar-refractivity contribution in [1.82, 2.24) is 0 Å². The smallest absolute Gasteiger partial charge is 0.0467 e. The van der Waals surface area contributed by atoms with Crippen LogP contribution in [0.5, 0.6) is 0 Å². The Balaban J connectivity index is 2.69. The Hall–Kier alpha value is -1.96. The lowest BCUT2D eigenvalue weighted by Gasteiger charge is -2.23. The minimum Gasteiger partial charge on any atom is -0.377 e. The second kappa shape index (κ2) is 5.13. The number of anilines is 2. The summed E-state index contributed by atoms with van der Waals surface area (Å²) in [5, 5.41) is 2.57. The first-order valence-corrected chi connectivity index (χ1v) is 6.16. The van der Waals surface area contributed by atoms with Crippen molar-refractivity contribution in [2.45, 2.75) is 0 Å². The van der Waals surface area contributed by atoms with Crippen LogP contribution in [0.4, 0.5) is 11.4 Å². The van der Waals surface area contributed by atoms with Crippen molar-refractivity contribution in [2.24, 2.45) is 0 Å². The predicted molar refractivity (Wildman–Crippen MR) is 81.7 cm³/mol. The molecule has 0 aromatic heterocycles. The van der Waals surface area contributed by atoms with Crippen molar-refractivity contribution < 1.29 is 0 Å². The van der Waals surface area contributed by atoms with E-state index in [0.29, 0.717) is 0 Å². The zero-order valence-corrected chi connectivity index (χ0v) is 11.4. The number of benzene rings is 2. The summed E-state index contributed by atoms with van der Waals surface area (Å²) in [5.41, 5.74) is 2.50. The van der Waals surface area contributed by atoms with Crippen LogP contribution in [0.25, 0.3) is 10.8 Å². The molecular weight excluding hydrogens is 220 g/mol. The Morgan fingerprint density at radius 3 is 2.17 bits per heavy atom. The van der Waals surface area contributed by atoms with Crippen molar-refractivity contribution >= 4 is 22.1 Å². The SMILES string of the molecule is C=CCN(C)c1cccc2cccc(N(C)C)c12. The van der Waals surface area contributed by atoms with Gasteiger partial charge in [-0.1, -0.05) is 30.3 Å². The van der Waals surface area contributed by atoms with Crippen molar-refractivity contribution in [3.63, 3.8) is 0 Å². The maximum atomic E-state index is 3.81. The third-order valence-corrected chi connectivity index (χ3v) is 3.16. The lowest BCUT2D eigenvalue weighted by atomic mass is 10.1. The first kappa shape index (κ1) is 12.5. The zero-order chi connectivity index (χ0) is 13.1. The van der Waals surface area contributed by atoms with Crippen LogP contribution in [0.2, 0.25) is 0 Å². The first-order valence-electron chi connectivity index (χ1n) is 6.16. The van der Waals surface area contributed by atoms with Crippen molar-refractivity contribution in [2.75, 3.05) is 37.5 Å². The standard InChI is InChI=1S/C16H20N2/c1-5-12-18(4)15-11-7-9-13-8-6-10-14(16(13)15)17(2)3/h5-11H,1,12H2,2-4H3. The molecule has 0 heterocycles. The van der Waals surface area contributed by atoms with Gasteiger partial charge in [0.05, 0.1) is 0 Å². The van der Waals surface area contributed by atoms with Gasteiger partial charge in [0.25, 0.3) is 0 Å². The van der Waals surface area contributed by atoms with E-state index in [1.807, 2.05) is 6.08 Å². The maximum Gasteiger partial charge on any atom is 0.0467 e. The Labute approximate surface area is 109 Å². The molecule has 2 rings (SSSR count). The molecule has 0 aliphatic rings. The topological polar surface area (TPSA) is 6.48 Å². The fourth-order valence-electron chi connectivity index (χ4n) is 2.28. The maximum absolute atomic E-state index is 3.81. The van der Waals surface area contributed by atoms with Gasteiger partial charge in [0.1, 0.15) is 0 Å². The fraction of sp³-hybridized carbons (Fsp3) is 0.250. The van der Waals surface area contributed by atoms with Gasteiger partial charge in [-0.05, 0) is 17.5 Å². The Bertz CT molecular complexity index is 553. The largest absolute Gasteiger partial charge is 0.377 e. The second-order valence-electron chi connectivity index (χ2n) is 4.72. The number of fused-ring (bicyclic) bond motifs is 1. The highest BCUT2D eigenvalue weighted by atomic mass is 15.1. The highest BCUT2D eigenvalue weighted by Gasteiger charge is 2.10. The van der Waals surface area contributed by atoms with E-state index in [1.54, 1.807) is 0 Å². The lowest BCUT2D eigenvalue weighted by molar-refractivity contribution is 1.04. The summed E-state index contributed by atoms with van der Waals surface area (Å²) in [6, 6.07) is 12.9. The molecule has 0 atom stereocenters. The summed E-state index contributed by atoms with van der Waals surface area (Å²) in [7, 11) is 6.26. The number of hydrogen-bond donors (Lipinski definition) is 0. The molecule has 2 aromatic carbocycles. The minimum absolute atomic E-state index is 0.848. The Kier molecular flexibility index (Phi) is 3.56. The van der Waals surface area contributed by atoms with Gasteiger partial charge >= 0.3 is 0 Å². The lowest BCUT2D eigenvalue weighted by Crippen LogP contribution is -2.18. The van der Waals surface area contributed by atoms with E-state index in [9.17, 15) is 0 Å². The normalized spacial score (nSPS) is 10.4. The summed E-state index contributed by atoms with van der Waals surface area (Å²) >= 11 is 0. The van der Waals surface area contributed by atoms with Gasteiger partial charge in [-0.25, -0.2) is 0 Å². The fourth-order valence-corrected chi connectivity index (χ4v) is 2.28. The van der Waals surface area contributed by atoms with E-state index in [-0.39, 0.29) is 0 Å². The summed E-state index contributed by atoms with van der Waals surface area (Å²) in [4.78, 5) is 4.38. The molecule has 0 N–H and O–H groups in total. The van der Waals surface area contributed by atoms with Gasteiger partial charge in [0.2, 0.25) is 0 Å². The van der Waals surface area contributed by atoms with Crippen LogP contribution >= 0.6 is 0 Å². The number of rotatable bonds is 4. The van der Waals surface area contributed by atoms with Crippen LogP contribution in [-0.4, -0.2) is 27.7 Å². The van der Waals surface area contributed by atoms with Crippen molar-refractivity contribution in [3.05, 3.63) is 49.1 Å². The molecule has 0 saturated heterocycles. The predicted octanol–water partition coefficient (Wildman–Crippen LogP) is 3.53. The van der Waals surface area contributed by atoms with E-state index < -0.39 is 0 Å². The average molecular weight is 240 g/mol. The molecule has 0 spiro atoms. The van der Waals surface area contributed by atoms with E-state index in [1.165, 1.54) is 22.1 Å². The highest BCUT2D eigenvalue weighted by molar-refractivity contribution is 6.03. The van der Waals surface area contributed by atoms with Crippen LogP contribution in [0, 0.1) is 0 Å². The Morgan fingerprint density at radius 2 is 1.61 bits per heavy atom. The molecule has 0 aliphatic carbocycles. The van der Waals surface area contributed by atoms with Gasteiger partial charge in [-0.15, -0.1) is 6.58 Å². The molecule has 2 heteroatoms. The summed E-state index contributed by atoms with van der Waals surface area (Å²) in [6.07, 6.45) is 1.93. The van der Waals surface area contributed by atoms with Gasteiger partial charge in [-0.3, -0.25) is 0 Å². The van der Waals surface area contributed by atoms with Crippen LogP contribution in [0.3, 0.4) is 0 Å². The first-order chi connectivity index (χ1) is 8.65. The number of hydrogen-bond acceptors (Lipinski definition) is 2. The van der Waals surface area contributed by atoms with E-state index >= 15 is 0 Å². The van der Waals surface area contributed by atoms with Gasteiger partial charge in [0, 0.05) is 44.4 Å². The van der Waals surface area contributed by atoms with Crippen molar-refractivity contribution in [1.29, 1.82) is 0 Å². The molecule has 0 aliphatic heterocycles. The molecule has 0 amide bonds. The average Bonchev–Trinajstić information content (AvgIpc) is 2.37. The zero-order valence-electron chi connectivity index (χ0n) is 11.4. The van der Waals surface area contributed by atoms with E-state index in [4.69, 9.17) is 0 Å². The molecule has 18 heavy (non-hydrogen) atoms. The molecule has 0 saturated carbocycles. The number of nitrogens with zero attached hydrogens (tertiary/aromatic N) is 2. The summed E-state index contributed by atoms with van der Waals surface area (Å²) in [5.74, 6) is 0. The highest BCUT2D eigenvalue weighted by Crippen LogP contribution is 2.33. The molecule has 2 nitrogen and oxygen atoms in total. The minimum atomic E-state index is 0.848. The van der Waals surface area contributed by atoms with Crippen LogP contribution in [-0.2, 0) is 0 Å². The molecule has 0 unspecified atom stereocenters. The third-order valence-electron chi connectivity index (χ3n) is 3.16. The molecular formula is C16H20N2. The monoisotopic (exact) mass is 240 g/mol. The molecule has 2 aromatic rings. The van der Waals surface area contributed by atoms with Gasteiger partial charge in [0.15, 0.2) is 0 Å². The van der Waals surface area contributed by atoms with E-state index in [2.05, 4.69) is 73.9 Å². The van der Waals surface area contributed by atoms with E-state index in [0.717, 1.165) is 6.54 Å². The van der Waals surface area contributed by atoms with Crippen molar-refractivity contribution in [3.8, 4) is 0 Å². The molecule has 94 valence electrons. The quantitative estimate of drug-likeness (QED) is 0.754. The summed E-state index contributed by atoms with van der Waals surface area (Å²) < 4.78 is 0. The second-order valence-corrected chi connectivity index (χ2v) is 4.72.